The molecule has 1 atom stereocenters. The van der Waals surface area contributed by atoms with Crippen molar-refractivity contribution in [1.82, 2.24) is 25.2 Å². The van der Waals surface area contributed by atoms with Crippen LogP contribution < -0.4 is 5.32 Å². The summed E-state index contributed by atoms with van der Waals surface area (Å²) in [5.41, 5.74) is 2.47. The fourth-order valence-electron chi connectivity index (χ4n) is 2.69. The van der Waals surface area contributed by atoms with Gasteiger partial charge in [0.15, 0.2) is 0 Å². The summed E-state index contributed by atoms with van der Waals surface area (Å²) >= 11 is 0. The first-order valence-corrected chi connectivity index (χ1v) is 8.01. The summed E-state index contributed by atoms with van der Waals surface area (Å²) in [4.78, 5) is 27.6. The van der Waals surface area contributed by atoms with Crippen LogP contribution in [0.2, 0.25) is 0 Å². The smallest absolute Gasteiger partial charge is 0.242 e. The molecule has 1 amide bonds. The minimum Gasteiger partial charge on any atom is -0.379 e. The molecule has 2 aromatic heterocycles. The van der Waals surface area contributed by atoms with Crippen LogP contribution in [0.1, 0.15) is 23.0 Å². The average Bonchev–Trinajstić information content (AvgIpc) is 2.63. The predicted octanol–water partition coefficient (Wildman–Crippen LogP) is 0.870. The lowest BCUT2D eigenvalue weighted by atomic mass is 10.1. The van der Waals surface area contributed by atoms with Gasteiger partial charge in [-0.25, -0.2) is 0 Å². The number of morpholine rings is 1. The molecule has 1 aliphatic rings. The van der Waals surface area contributed by atoms with E-state index in [0.717, 1.165) is 30.0 Å². The molecule has 1 saturated heterocycles. The monoisotopic (exact) mass is 327 g/mol. The topological polar surface area (TPSA) is 80.2 Å². The molecule has 0 aromatic carbocycles. The van der Waals surface area contributed by atoms with Crippen LogP contribution in [-0.2, 0) is 16.1 Å². The molecule has 0 saturated carbocycles. The predicted molar refractivity (Wildman–Crippen MR) is 88.0 cm³/mol. The van der Waals surface area contributed by atoms with Gasteiger partial charge < -0.3 is 10.1 Å². The van der Waals surface area contributed by atoms with Gasteiger partial charge in [0.25, 0.3) is 0 Å². The molecule has 1 N–H and O–H groups in total. The fourth-order valence-corrected chi connectivity index (χ4v) is 2.69. The zero-order valence-corrected chi connectivity index (χ0v) is 13.7. The minimum absolute atomic E-state index is 0.0627. The van der Waals surface area contributed by atoms with E-state index in [1.54, 1.807) is 24.8 Å². The highest BCUT2D eigenvalue weighted by Gasteiger charge is 2.29. The third-order valence-corrected chi connectivity index (χ3v) is 3.94. The number of ether oxygens (including phenoxy) is 1. The zero-order chi connectivity index (χ0) is 16.8. The molecule has 3 heterocycles. The van der Waals surface area contributed by atoms with Crippen LogP contribution in [0.4, 0.5) is 0 Å². The number of aryl methyl sites for hydroxylation is 1. The first-order valence-electron chi connectivity index (χ1n) is 8.01. The van der Waals surface area contributed by atoms with Gasteiger partial charge in [-0.3, -0.25) is 24.6 Å². The normalized spacial score (nSPS) is 16.5. The van der Waals surface area contributed by atoms with Crippen LogP contribution in [0.3, 0.4) is 0 Å². The molecule has 24 heavy (non-hydrogen) atoms. The van der Waals surface area contributed by atoms with Crippen molar-refractivity contribution in [3.8, 4) is 0 Å². The second-order valence-electron chi connectivity index (χ2n) is 5.70. The van der Waals surface area contributed by atoms with Crippen LogP contribution in [-0.4, -0.2) is 52.1 Å². The summed E-state index contributed by atoms with van der Waals surface area (Å²) in [7, 11) is 0. The highest BCUT2D eigenvalue weighted by Crippen LogP contribution is 2.21. The van der Waals surface area contributed by atoms with Crippen molar-refractivity contribution < 1.29 is 9.53 Å². The maximum Gasteiger partial charge on any atom is 0.242 e. The molecule has 1 fully saturated rings. The number of nitrogens with zero attached hydrogens (tertiary/aromatic N) is 4. The Bertz CT molecular complexity index is 656. The lowest BCUT2D eigenvalue weighted by Gasteiger charge is -2.33. The second kappa shape index (κ2) is 7.94. The van der Waals surface area contributed by atoms with E-state index in [0.29, 0.717) is 19.8 Å². The highest BCUT2D eigenvalue weighted by atomic mass is 16.5. The van der Waals surface area contributed by atoms with Gasteiger partial charge in [0, 0.05) is 31.7 Å². The summed E-state index contributed by atoms with van der Waals surface area (Å²) in [5.74, 6) is -0.0627. The Morgan fingerprint density at radius 1 is 1.29 bits per heavy atom. The molecule has 0 unspecified atom stereocenters. The maximum absolute atomic E-state index is 12.8. The average molecular weight is 327 g/mol. The molecule has 126 valence electrons. The number of carbonyl (C=O) groups excluding carboxylic acids is 1. The number of hydrogen-bond donors (Lipinski definition) is 1. The van der Waals surface area contributed by atoms with Crippen molar-refractivity contribution in [2.24, 2.45) is 0 Å². The highest BCUT2D eigenvalue weighted by molar-refractivity contribution is 5.83. The van der Waals surface area contributed by atoms with E-state index in [9.17, 15) is 4.79 Å². The lowest BCUT2D eigenvalue weighted by molar-refractivity contribution is -0.128. The third-order valence-electron chi connectivity index (χ3n) is 3.94. The van der Waals surface area contributed by atoms with Crippen LogP contribution >= 0.6 is 0 Å². The molecule has 3 rings (SSSR count). The minimum atomic E-state index is -0.374. The number of aromatic nitrogens is 3. The molecule has 0 radical (unpaired) electrons. The number of carbonyl (C=O) groups is 1. The van der Waals surface area contributed by atoms with Gasteiger partial charge in [-0.1, -0.05) is 6.07 Å². The Kier molecular flexibility index (Phi) is 5.45. The quantitative estimate of drug-likeness (QED) is 0.878. The van der Waals surface area contributed by atoms with Crippen molar-refractivity contribution >= 4 is 5.91 Å². The van der Waals surface area contributed by atoms with Crippen molar-refractivity contribution in [2.75, 3.05) is 26.3 Å². The summed E-state index contributed by atoms with van der Waals surface area (Å²) in [6.07, 6.45) is 6.83. The molecular formula is C17H21N5O2. The van der Waals surface area contributed by atoms with E-state index in [4.69, 9.17) is 4.74 Å². The van der Waals surface area contributed by atoms with Crippen molar-refractivity contribution in [2.45, 2.75) is 19.5 Å². The third kappa shape index (κ3) is 4.12. The number of nitrogens with one attached hydrogen (secondary N) is 1. The molecule has 0 aliphatic carbocycles. The second-order valence-corrected chi connectivity index (χ2v) is 5.70. The molecule has 0 bridgehead atoms. The summed E-state index contributed by atoms with van der Waals surface area (Å²) in [5, 5.41) is 2.96. The van der Waals surface area contributed by atoms with Crippen LogP contribution in [0.5, 0.6) is 0 Å². The zero-order valence-electron chi connectivity index (χ0n) is 13.7. The number of rotatable bonds is 5. The molecular weight excluding hydrogens is 306 g/mol. The molecule has 0 spiro atoms. The first kappa shape index (κ1) is 16.5. The molecule has 7 heteroatoms. The van der Waals surface area contributed by atoms with Crippen molar-refractivity contribution in [3.05, 3.63) is 53.9 Å². The number of hydrogen-bond acceptors (Lipinski definition) is 6. The van der Waals surface area contributed by atoms with Gasteiger partial charge in [0.1, 0.15) is 6.04 Å². The fraction of sp³-hybridized carbons (Fsp3) is 0.412. The summed E-state index contributed by atoms with van der Waals surface area (Å²) < 4.78 is 5.40. The van der Waals surface area contributed by atoms with E-state index in [-0.39, 0.29) is 11.9 Å². The Morgan fingerprint density at radius 3 is 2.79 bits per heavy atom. The Hall–Kier alpha value is -2.38. The summed E-state index contributed by atoms with van der Waals surface area (Å²) in [6, 6.07) is 3.40. The van der Waals surface area contributed by atoms with Gasteiger partial charge in [-0.15, -0.1) is 0 Å². The molecule has 1 aliphatic heterocycles. The van der Waals surface area contributed by atoms with Gasteiger partial charge in [-0.05, 0) is 18.6 Å². The lowest BCUT2D eigenvalue weighted by Crippen LogP contribution is -2.45. The number of pyridine rings is 1. The van der Waals surface area contributed by atoms with E-state index < -0.39 is 0 Å². The van der Waals surface area contributed by atoms with Crippen LogP contribution in [0.25, 0.3) is 0 Å². The van der Waals surface area contributed by atoms with Crippen LogP contribution in [0.15, 0.2) is 36.9 Å². The standard InChI is InChI=1S/C17H21N5O2/c1-13-9-20-15(11-19-13)12-21-17(23)16(14-3-2-4-18-10-14)22-5-7-24-8-6-22/h2-4,9-11,16H,5-8,12H2,1H3,(H,21,23)/t16-/m1/s1. The van der Waals surface area contributed by atoms with Gasteiger partial charge in [0.05, 0.1) is 37.3 Å². The first-order chi connectivity index (χ1) is 11.7. The molecule has 7 nitrogen and oxygen atoms in total. The Morgan fingerprint density at radius 2 is 2.12 bits per heavy atom. The van der Waals surface area contributed by atoms with Crippen molar-refractivity contribution in [3.63, 3.8) is 0 Å². The number of amides is 1. The Labute approximate surface area is 141 Å². The van der Waals surface area contributed by atoms with E-state index in [1.165, 1.54) is 0 Å². The molecule has 2 aromatic rings. The van der Waals surface area contributed by atoms with Gasteiger partial charge >= 0.3 is 0 Å². The van der Waals surface area contributed by atoms with Gasteiger partial charge in [-0.2, -0.15) is 0 Å². The largest absolute Gasteiger partial charge is 0.379 e. The maximum atomic E-state index is 12.8. The summed E-state index contributed by atoms with van der Waals surface area (Å²) in [6.45, 7) is 4.94. The van der Waals surface area contributed by atoms with E-state index >= 15 is 0 Å². The van der Waals surface area contributed by atoms with Crippen molar-refractivity contribution in [1.29, 1.82) is 0 Å². The Balaban J connectivity index is 1.72. The van der Waals surface area contributed by atoms with Crippen LogP contribution in [0, 0.1) is 6.92 Å². The van der Waals surface area contributed by atoms with E-state index in [2.05, 4.69) is 25.2 Å². The SMILES string of the molecule is Cc1cnc(CNC(=O)[C@@H](c2cccnc2)N2CCOCC2)cn1. The van der Waals surface area contributed by atoms with Gasteiger partial charge in [0.2, 0.25) is 5.91 Å². The van der Waals surface area contributed by atoms with E-state index in [1.807, 2.05) is 19.1 Å².